The molecular formula is C20H33N3O2. The van der Waals surface area contributed by atoms with E-state index in [2.05, 4.69) is 34.6 Å². The van der Waals surface area contributed by atoms with E-state index in [-0.39, 0.29) is 24.6 Å². The van der Waals surface area contributed by atoms with Crippen LogP contribution in [0.4, 0.5) is 16.2 Å². The van der Waals surface area contributed by atoms with Crippen molar-refractivity contribution < 1.29 is 9.90 Å². The SMILES string of the molecule is Cc1cc(N2CCCCC2C)ccc1NC(=O)NC(CCO)C(C)C. The van der Waals surface area contributed by atoms with Gasteiger partial charge in [-0.3, -0.25) is 0 Å². The van der Waals surface area contributed by atoms with Crippen LogP contribution in [-0.4, -0.2) is 36.4 Å². The van der Waals surface area contributed by atoms with Gasteiger partial charge in [0.25, 0.3) is 0 Å². The van der Waals surface area contributed by atoms with Crippen LogP contribution < -0.4 is 15.5 Å². The zero-order valence-electron chi connectivity index (χ0n) is 16.0. The molecule has 0 bridgehead atoms. The van der Waals surface area contributed by atoms with Crippen LogP contribution in [0.15, 0.2) is 18.2 Å². The molecule has 0 radical (unpaired) electrons. The van der Waals surface area contributed by atoms with Crippen molar-refractivity contribution >= 4 is 17.4 Å². The van der Waals surface area contributed by atoms with Crippen molar-refractivity contribution in [3.05, 3.63) is 23.8 Å². The summed E-state index contributed by atoms with van der Waals surface area (Å²) in [5.41, 5.74) is 3.13. The van der Waals surface area contributed by atoms with E-state index in [0.717, 1.165) is 17.8 Å². The first-order chi connectivity index (χ1) is 11.9. The Bertz CT molecular complexity index is 574. The fraction of sp³-hybridized carbons (Fsp3) is 0.650. The molecule has 5 heteroatoms. The summed E-state index contributed by atoms with van der Waals surface area (Å²) in [4.78, 5) is 14.7. The first-order valence-electron chi connectivity index (χ1n) is 9.48. The minimum Gasteiger partial charge on any atom is -0.396 e. The highest BCUT2D eigenvalue weighted by atomic mass is 16.3. The average molecular weight is 348 g/mol. The molecule has 1 saturated heterocycles. The maximum atomic E-state index is 12.3. The highest BCUT2D eigenvalue weighted by Gasteiger charge is 2.20. The molecule has 1 fully saturated rings. The van der Waals surface area contributed by atoms with E-state index in [1.165, 1.54) is 24.9 Å². The van der Waals surface area contributed by atoms with Crippen molar-refractivity contribution in [2.75, 3.05) is 23.4 Å². The van der Waals surface area contributed by atoms with Crippen molar-refractivity contribution in [3.8, 4) is 0 Å². The Hall–Kier alpha value is -1.75. The number of piperidine rings is 1. The van der Waals surface area contributed by atoms with Gasteiger partial charge < -0.3 is 20.6 Å². The molecule has 25 heavy (non-hydrogen) atoms. The number of aliphatic hydroxyl groups excluding tert-OH is 1. The fourth-order valence-corrected chi connectivity index (χ4v) is 3.49. The normalized spacial score (nSPS) is 19.0. The molecule has 140 valence electrons. The number of carbonyl (C=O) groups excluding carboxylic acids is 1. The highest BCUT2D eigenvalue weighted by Crippen LogP contribution is 2.28. The lowest BCUT2D eigenvalue weighted by Crippen LogP contribution is -2.41. The van der Waals surface area contributed by atoms with Gasteiger partial charge in [0.2, 0.25) is 0 Å². The largest absolute Gasteiger partial charge is 0.396 e. The molecule has 1 aliphatic heterocycles. The van der Waals surface area contributed by atoms with Crippen molar-refractivity contribution in [1.29, 1.82) is 0 Å². The van der Waals surface area contributed by atoms with E-state index in [1.807, 2.05) is 26.8 Å². The summed E-state index contributed by atoms with van der Waals surface area (Å²) < 4.78 is 0. The van der Waals surface area contributed by atoms with E-state index in [0.29, 0.717) is 12.5 Å². The van der Waals surface area contributed by atoms with E-state index in [4.69, 9.17) is 5.11 Å². The maximum Gasteiger partial charge on any atom is 0.319 e. The third-order valence-electron chi connectivity index (χ3n) is 5.15. The quantitative estimate of drug-likeness (QED) is 0.731. The number of benzene rings is 1. The zero-order chi connectivity index (χ0) is 18.4. The first kappa shape index (κ1) is 19.6. The van der Waals surface area contributed by atoms with Gasteiger partial charge in [-0.25, -0.2) is 4.79 Å². The second-order valence-corrected chi connectivity index (χ2v) is 7.50. The van der Waals surface area contributed by atoms with Crippen LogP contribution in [-0.2, 0) is 0 Å². The Kier molecular flexibility index (Phi) is 7.12. The van der Waals surface area contributed by atoms with Crippen LogP contribution in [0, 0.1) is 12.8 Å². The molecule has 0 aliphatic carbocycles. The van der Waals surface area contributed by atoms with Gasteiger partial charge in [0.1, 0.15) is 0 Å². The monoisotopic (exact) mass is 347 g/mol. The minimum atomic E-state index is -0.214. The number of aliphatic hydroxyl groups is 1. The molecule has 2 rings (SSSR count). The van der Waals surface area contributed by atoms with Gasteiger partial charge in [-0.05, 0) is 69.2 Å². The van der Waals surface area contributed by atoms with Crippen LogP contribution in [0.1, 0.15) is 52.0 Å². The number of nitrogens with zero attached hydrogens (tertiary/aromatic N) is 1. The van der Waals surface area contributed by atoms with Gasteiger partial charge in [0.05, 0.1) is 0 Å². The highest BCUT2D eigenvalue weighted by molar-refractivity contribution is 5.90. The molecule has 0 spiro atoms. The van der Waals surface area contributed by atoms with Crippen LogP contribution in [0.3, 0.4) is 0 Å². The second-order valence-electron chi connectivity index (χ2n) is 7.50. The molecule has 5 nitrogen and oxygen atoms in total. The molecule has 1 aromatic carbocycles. The third-order valence-corrected chi connectivity index (χ3v) is 5.15. The molecule has 1 aromatic rings. The summed E-state index contributed by atoms with van der Waals surface area (Å²) >= 11 is 0. The molecule has 2 atom stereocenters. The lowest BCUT2D eigenvalue weighted by molar-refractivity contribution is 0.227. The predicted molar refractivity (Wildman–Crippen MR) is 104 cm³/mol. The van der Waals surface area contributed by atoms with E-state index in [9.17, 15) is 4.79 Å². The van der Waals surface area contributed by atoms with Crippen LogP contribution in [0.25, 0.3) is 0 Å². The molecular weight excluding hydrogens is 314 g/mol. The number of aryl methyl sites for hydroxylation is 1. The Balaban J connectivity index is 2.01. The number of rotatable bonds is 6. The van der Waals surface area contributed by atoms with Crippen molar-refractivity contribution in [2.24, 2.45) is 5.92 Å². The Morgan fingerprint density at radius 2 is 2.12 bits per heavy atom. The fourth-order valence-electron chi connectivity index (χ4n) is 3.49. The lowest BCUT2D eigenvalue weighted by atomic mass is 10.0. The van der Waals surface area contributed by atoms with Gasteiger partial charge in [-0.2, -0.15) is 0 Å². The molecule has 0 saturated carbocycles. The number of anilines is 2. The summed E-state index contributed by atoms with van der Waals surface area (Å²) in [6, 6.07) is 6.57. The number of nitrogens with one attached hydrogen (secondary N) is 2. The summed E-state index contributed by atoms with van der Waals surface area (Å²) in [6.07, 6.45) is 4.35. The van der Waals surface area contributed by atoms with Gasteiger partial charge >= 0.3 is 6.03 Å². The number of hydrogen-bond donors (Lipinski definition) is 3. The standard InChI is InChI=1S/C20H33N3O2/c1-14(2)18(10-12-24)21-20(25)22-19-9-8-17(13-15(19)3)23-11-6-5-7-16(23)4/h8-9,13-14,16,18,24H,5-7,10-12H2,1-4H3,(H2,21,22,25). The van der Waals surface area contributed by atoms with Crippen LogP contribution >= 0.6 is 0 Å². The number of hydrogen-bond acceptors (Lipinski definition) is 3. The molecule has 0 aromatic heterocycles. The van der Waals surface area contributed by atoms with Gasteiger partial charge in [-0.15, -0.1) is 0 Å². The summed E-state index contributed by atoms with van der Waals surface area (Å²) in [5.74, 6) is 0.280. The summed E-state index contributed by atoms with van der Waals surface area (Å²) in [5, 5.41) is 15.0. The van der Waals surface area contributed by atoms with Crippen molar-refractivity contribution in [1.82, 2.24) is 5.32 Å². The van der Waals surface area contributed by atoms with E-state index in [1.54, 1.807) is 0 Å². The van der Waals surface area contributed by atoms with Crippen LogP contribution in [0.5, 0.6) is 0 Å². The number of urea groups is 1. The predicted octanol–water partition coefficient (Wildman–Crippen LogP) is 3.90. The van der Waals surface area contributed by atoms with Gasteiger partial charge in [-0.1, -0.05) is 13.8 Å². The first-order valence-corrected chi connectivity index (χ1v) is 9.48. The van der Waals surface area contributed by atoms with Gasteiger partial charge in [0, 0.05) is 36.6 Å². The lowest BCUT2D eigenvalue weighted by Gasteiger charge is -2.35. The van der Waals surface area contributed by atoms with E-state index < -0.39 is 0 Å². The molecule has 1 heterocycles. The minimum absolute atomic E-state index is 0.0289. The topological polar surface area (TPSA) is 64.6 Å². The van der Waals surface area contributed by atoms with Crippen molar-refractivity contribution in [3.63, 3.8) is 0 Å². The van der Waals surface area contributed by atoms with Crippen molar-refractivity contribution in [2.45, 2.75) is 65.5 Å². The third kappa shape index (κ3) is 5.36. The Morgan fingerprint density at radius 1 is 1.36 bits per heavy atom. The maximum absolute atomic E-state index is 12.3. The molecule has 2 unspecified atom stereocenters. The van der Waals surface area contributed by atoms with E-state index >= 15 is 0 Å². The van der Waals surface area contributed by atoms with Crippen LogP contribution in [0.2, 0.25) is 0 Å². The number of amides is 2. The average Bonchev–Trinajstić information content (AvgIpc) is 2.56. The summed E-state index contributed by atoms with van der Waals surface area (Å²) in [6.45, 7) is 9.57. The Morgan fingerprint density at radius 3 is 2.72 bits per heavy atom. The zero-order valence-corrected chi connectivity index (χ0v) is 16.0. The van der Waals surface area contributed by atoms with Gasteiger partial charge in [0.15, 0.2) is 0 Å². The Labute approximate surface area is 151 Å². The molecule has 2 amide bonds. The smallest absolute Gasteiger partial charge is 0.319 e. The molecule has 1 aliphatic rings. The number of carbonyl (C=O) groups is 1. The summed E-state index contributed by atoms with van der Waals surface area (Å²) in [7, 11) is 0. The second kappa shape index (κ2) is 9.09. The molecule has 3 N–H and O–H groups in total.